The van der Waals surface area contributed by atoms with E-state index in [0.717, 1.165) is 35.9 Å². The van der Waals surface area contributed by atoms with E-state index in [1.54, 1.807) is 12.3 Å². The molecule has 1 heterocycles. The van der Waals surface area contributed by atoms with E-state index in [1.807, 2.05) is 13.0 Å². The summed E-state index contributed by atoms with van der Waals surface area (Å²) in [5.74, 6) is -0.188. The Morgan fingerprint density at radius 2 is 2.12 bits per heavy atom. The first-order valence-electron chi connectivity index (χ1n) is 5.87. The van der Waals surface area contributed by atoms with E-state index < -0.39 is 0 Å². The second-order valence-electron chi connectivity index (χ2n) is 4.21. The molecular weight excluding hydrogens is 217 g/mol. The fourth-order valence-electron chi connectivity index (χ4n) is 2.11. The van der Waals surface area contributed by atoms with Gasteiger partial charge in [-0.15, -0.1) is 0 Å². The molecule has 0 aliphatic carbocycles. The minimum atomic E-state index is -0.188. The summed E-state index contributed by atoms with van der Waals surface area (Å²) in [6.07, 6.45) is 4.07. The van der Waals surface area contributed by atoms with Gasteiger partial charge in [0.05, 0.1) is 0 Å². The van der Waals surface area contributed by atoms with E-state index in [9.17, 15) is 4.39 Å². The number of fused-ring (bicyclic) bond motifs is 1. The van der Waals surface area contributed by atoms with Gasteiger partial charge in [-0.25, -0.2) is 4.39 Å². The first-order valence-corrected chi connectivity index (χ1v) is 5.87. The minimum Gasteiger partial charge on any atom is -0.396 e. The molecule has 0 saturated carbocycles. The Bertz CT molecular complexity index is 525. The van der Waals surface area contributed by atoms with Gasteiger partial charge in [-0.3, -0.25) is 4.98 Å². The molecule has 0 spiro atoms. The highest BCUT2D eigenvalue weighted by Crippen LogP contribution is 2.24. The van der Waals surface area contributed by atoms with E-state index in [4.69, 9.17) is 5.11 Å². The lowest BCUT2D eigenvalue weighted by Crippen LogP contribution is -1.98. The number of hydrogen-bond acceptors (Lipinski definition) is 2. The molecule has 0 aliphatic heterocycles. The second-order valence-corrected chi connectivity index (χ2v) is 4.21. The van der Waals surface area contributed by atoms with Crippen LogP contribution in [0.2, 0.25) is 0 Å². The van der Waals surface area contributed by atoms with Crippen molar-refractivity contribution >= 4 is 10.8 Å². The van der Waals surface area contributed by atoms with Crippen molar-refractivity contribution in [3.63, 3.8) is 0 Å². The van der Waals surface area contributed by atoms with Gasteiger partial charge in [-0.1, -0.05) is 12.1 Å². The Kier molecular flexibility index (Phi) is 3.69. The van der Waals surface area contributed by atoms with Gasteiger partial charge in [0.2, 0.25) is 0 Å². The summed E-state index contributed by atoms with van der Waals surface area (Å²) in [7, 11) is 0. The Balaban J connectivity index is 2.47. The number of aryl methyl sites for hydroxylation is 2. The fraction of sp³-hybridized carbons (Fsp3) is 0.357. The third-order valence-corrected chi connectivity index (χ3v) is 3.02. The van der Waals surface area contributed by atoms with Crippen LogP contribution in [-0.2, 0) is 6.42 Å². The Morgan fingerprint density at radius 3 is 2.88 bits per heavy atom. The van der Waals surface area contributed by atoms with Gasteiger partial charge in [-0.2, -0.15) is 0 Å². The van der Waals surface area contributed by atoms with Crippen molar-refractivity contribution in [1.82, 2.24) is 4.98 Å². The maximum Gasteiger partial charge on any atom is 0.131 e. The summed E-state index contributed by atoms with van der Waals surface area (Å²) < 4.78 is 13.9. The average molecular weight is 233 g/mol. The zero-order chi connectivity index (χ0) is 12.3. The van der Waals surface area contributed by atoms with Gasteiger partial charge in [0.25, 0.3) is 0 Å². The molecule has 2 rings (SSSR count). The molecule has 3 heteroatoms. The molecule has 0 unspecified atom stereocenters. The summed E-state index contributed by atoms with van der Waals surface area (Å²) in [6.45, 7) is 2.08. The van der Waals surface area contributed by atoms with Crippen LogP contribution in [0.4, 0.5) is 4.39 Å². The first-order chi connectivity index (χ1) is 8.24. The van der Waals surface area contributed by atoms with Crippen LogP contribution in [0.1, 0.15) is 24.1 Å². The number of aliphatic hydroxyl groups is 1. The summed E-state index contributed by atoms with van der Waals surface area (Å²) in [5.41, 5.74) is 1.84. The van der Waals surface area contributed by atoms with Gasteiger partial charge < -0.3 is 5.11 Å². The molecule has 1 aromatic heterocycles. The Labute approximate surface area is 100 Å². The third-order valence-electron chi connectivity index (χ3n) is 3.02. The predicted octanol–water partition coefficient (Wildman–Crippen LogP) is 3.00. The van der Waals surface area contributed by atoms with Gasteiger partial charge in [0.1, 0.15) is 5.82 Å². The van der Waals surface area contributed by atoms with Crippen LogP contribution >= 0.6 is 0 Å². The highest BCUT2D eigenvalue weighted by Gasteiger charge is 2.09. The SMILES string of the molecule is Cc1ncc2cccc(F)c2c1CCCCO. The molecule has 90 valence electrons. The zero-order valence-electron chi connectivity index (χ0n) is 9.91. The molecule has 0 saturated heterocycles. The molecule has 1 N–H and O–H groups in total. The zero-order valence-corrected chi connectivity index (χ0v) is 9.91. The molecule has 0 atom stereocenters. The molecule has 17 heavy (non-hydrogen) atoms. The maximum atomic E-state index is 13.9. The summed E-state index contributed by atoms with van der Waals surface area (Å²) >= 11 is 0. The smallest absolute Gasteiger partial charge is 0.131 e. The van der Waals surface area contributed by atoms with Crippen molar-refractivity contribution in [3.8, 4) is 0 Å². The molecule has 1 aromatic carbocycles. The molecule has 0 amide bonds. The lowest BCUT2D eigenvalue weighted by atomic mass is 9.99. The average Bonchev–Trinajstić information content (AvgIpc) is 2.33. The molecule has 2 nitrogen and oxygen atoms in total. The second kappa shape index (κ2) is 5.23. The van der Waals surface area contributed by atoms with Crippen molar-refractivity contribution < 1.29 is 9.50 Å². The quantitative estimate of drug-likeness (QED) is 0.823. The van der Waals surface area contributed by atoms with Crippen LogP contribution in [0.5, 0.6) is 0 Å². The van der Waals surface area contributed by atoms with Gasteiger partial charge in [0.15, 0.2) is 0 Å². The van der Waals surface area contributed by atoms with E-state index >= 15 is 0 Å². The number of pyridine rings is 1. The minimum absolute atomic E-state index is 0.180. The number of aliphatic hydroxyl groups excluding tert-OH is 1. The monoisotopic (exact) mass is 233 g/mol. The summed E-state index contributed by atoms with van der Waals surface area (Å²) in [4.78, 5) is 4.30. The van der Waals surface area contributed by atoms with Crippen molar-refractivity contribution in [2.75, 3.05) is 6.61 Å². The normalized spacial score (nSPS) is 11.0. The third kappa shape index (κ3) is 2.44. The van der Waals surface area contributed by atoms with E-state index in [0.29, 0.717) is 5.39 Å². The van der Waals surface area contributed by atoms with Crippen LogP contribution < -0.4 is 0 Å². The van der Waals surface area contributed by atoms with Gasteiger partial charge in [0, 0.05) is 29.3 Å². The standard InChI is InChI=1S/C14H16FNO/c1-10-12(6-2-3-8-17)14-11(9-16-10)5-4-7-13(14)15/h4-5,7,9,17H,2-3,6,8H2,1H3. The van der Waals surface area contributed by atoms with E-state index in [-0.39, 0.29) is 12.4 Å². The Hall–Kier alpha value is -1.48. The number of rotatable bonds is 4. The number of benzene rings is 1. The lowest BCUT2D eigenvalue weighted by molar-refractivity contribution is 0.284. The van der Waals surface area contributed by atoms with E-state index in [2.05, 4.69) is 4.98 Å². The number of halogens is 1. The van der Waals surface area contributed by atoms with E-state index in [1.165, 1.54) is 6.07 Å². The highest BCUT2D eigenvalue weighted by molar-refractivity contribution is 5.86. The van der Waals surface area contributed by atoms with Crippen LogP contribution in [0, 0.1) is 12.7 Å². The van der Waals surface area contributed by atoms with Crippen molar-refractivity contribution in [1.29, 1.82) is 0 Å². The fourth-order valence-corrected chi connectivity index (χ4v) is 2.11. The molecule has 0 bridgehead atoms. The molecule has 2 aromatic rings. The topological polar surface area (TPSA) is 33.1 Å². The van der Waals surface area contributed by atoms with Crippen LogP contribution in [0.25, 0.3) is 10.8 Å². The summed E-state index contributed by atoms with van der Waals surface area (Å²) in [6, 6.07) is 5.06. The first kappa shape index (κ1) is 12.0. The highest BCUT2D eigenvalue weighted by atomic mass is 19.1. The predicted molar refractivity (Wildman–Crippen MR) is 66.5 cm³/mol. The number of hydrogen-bond donors (Lipinski definition) is 1. The molecule has 0 aliphatic rings. The largest absolute Gasteiger partial charge is 0.396 e. The van der Waals surface area contributed by atoms with Crippen molar-refractivity contribution in [3.05, 3.63) is 41.5 Å². The summed E-state index contributed by atoms with van der Waals surface area (Å²) in [5, 5.41) is 10.3. The van der Waals surface area contributed by atoms with Crippen molar-refractivity contribution in [2.45, 2.75) is 26.2 Å². The number of aromatic nitrogens is 1. The van der Waals surface area contributed by atoms with Crippen LogP contribution in [-0.4, -0.2) is 16.7 Å². The van der Waals surface area contributed by atoms with Gasteiger partial charge >= 0.3 is 0 Å². The maximum absolute atomic E-state index is 13.9. The number of unbranched alkanes of at least 4 members (excludes halogenated alkanes) is 1. The molecule has 0 radical (unpaired) electrons. The lowest BCUT2D eigenvalue weighted by Gasteiger charge is -2.10. The van der Waals surface area contributed by atoms with Gasteiger partial charge in [-0.05, 0) is 37.8 Å². The molecular formula is C14H16FNO. The van der Waals surface area contributed by atoms with Crippen LogP contribution in [0.15, 0.2) is 24.4 Å². The van der Waals surface area contributed by atoms with Crippen LogP contribution in [0.3, 0.4) is 0 Å². The Morgan fingerprint density at radius 1 is 1.29 bits per heavy atom. The number of nitrogens with zero attached hydrogens (tertiary/aromatic N) is 1. The molecule has 0 fully saturated rings. The van der Waals surface area contributed by atoms with Crippen molar-refractivity contribution in [2.24, 2.45) is 0 Å².